The fraction of sp³-hybridized carbons (Fsp3) is 0.280. The summed E-state index contributed by atoms with van der Waals surface area (Å²) in [5, 5.41) is 1.28. The van der Waals surface area contributed by atoms with Gasteiger partial charge in [-0.1, -0.05) is 29.8 Å². The molecule has 0 unspecified atom stereocenters. The number of rotatable bonds is 5. The molecule has 0 fully saturated rings. The van der Waals surface area contributed by atoms with Gasteiger partial charge in [0, 0.05) is 9.90 Å². The van der Waals surface area contributed by atoms with Crippen LogP contribution in [0.4, 0.5) is 0 Å². The Hall–Kier alpha value is -2.83. The van der Waals surface area contributed by atoms with Crippen LogP contribution in [0.2, 0.25) is 5.02 Å². The van der Waals surface area contributed by atoms with Crippen LogP contribution in [0.3, 0.4) is 0 Å². The normalized spacial score (nSPS) is 13.3. The van der Waals surface area contributed by atoms with E-state index >= 15 is 0 Å². The standard InChI is InChI=1S/C25H23ClN2O3S/c1-2-31-18-13-11-17(12-14-18)28-23(29)22-19-8-4-6-10-21(19)32-24(22)27(25(28)30)15-16-7-3-5-9-20(16)26/h3,5,7,9,11-14H,2,4,6,8,10,15H2,1H3. The molecule has 0 amide bonds. The Kier molecular flexibility index (Phi) is 5.66. The van der Waals surface area contributed by atoms with Crippen LogP contribution in [-0.2, 0) is 19.4 Å². The molecule has 4 aromatic rings. The largest absolute Gasteiger partial charge is 0.494 e. The average molecular weight is 467 g/mol. The van der Waals surface area contributed by atoms with Gasteiger partial charge < -0.3 is 4.74 Å². The summed E-state index contributed by atoms with van der Waals surface area (Å²) in [6.45, 7) is 2.78. The van der Waals surface area contributed by atoms with Crippen LogP contribution in [-0.4, -0.2) is 15.7 Å². The van der Waals surface area contributed by atoms with Gasteiger partial charge in [0.05, 0.1) is 24.2 Å². The summed E-state index contributed by atoms with van der Waals surface area (Å²) in [5.41, 5.74) is 1.89. The first-order valence-corrected chi connectivity index (χ1v) is 12.0. The van der Waals surface area contributed by atoms with Crippen molar-refractivity contribution in [2.24, 2.45) is 0 Å². The molecule has 2 heterocycles. The molecule has 1 aliphatic carbocycles. The summed E-state index contributed by atoms with van der Waals surface area (Å²) in [5.74, 6) is 0.703. The van der Waals surface area contributed by atoms with Crippen molar-refractivity contribution in [2.75, 3.05) is 6.61 Å². The Balaban J connectivity index is 1.78. The monoisotopic (exact) mass is 466 g/mol. The minimum absolute atomic E-state index is 0.246. The highest BCUT2D eigenvalue weighted by atomic mass is 35.5. The van der Waals surface area contributed by atoms with Crippen LogP contribution in [0.1, 0.15) is 35.8 Å². The van der Waals surface area contributed by atoms with Crippen LogP contribution in [0, 0.1) is 0 Å². The Morgan fingerprint density at radius 3 is 2.53 bits per heavy atom. The lowest BCUT2D eigenvalue weighted by Gasteiger charge is -2.14. The molecule has 0 radical (unpaired) electrons. The van der Waals surface area contributed by atoms with E-state index in [1.807, 2.05) is 31.2 Å². The number of thiophene rings is 1. The van der Waals surface area contributed by atoms with Gasteiger partial charge in [0.1, 0.15) is 10.6 Å². The molecule has 0 spiro atoms. The van der Waals surface area contributed by atoms with Crippen LogP contribution in [0.5, 0.6) is 5.75 Å². The molecule has 2 aromatic heterocycles. The molecule has 0 bridgehead atoms. The van der Waals surface area contributed by atoms with Crippen LogP contribution < -0.4 is 16.0 Å². The number of benzene rings is 2. The van der Waals surface area contributed by atoms with Gasteiger partial charge in [-0.15, -0.1) is 11.3 Å². The molecule has 32 heavy (non-hydrogen) atoms. The van der Waals surface area contributed by atoms with E-state index in [9.17, 15) is 9.59 Å². The van der Waals surface area contributed by atoms with Crippen molar-refractivity contribution in [1.82, 2.24) is 9.13 Å². The van der Waals surface area contributed by atoms with Crippen molar-refractivity contribution in [1.29, 1.82) is 0 Å². The van der Waals surface area contributed by atoms with Gasteiger partial charge in [0.15, 0.2) is 0 Å². The highest BCUT2D eigenvalue weighted by molar-refractivity contribution is 7.18. The fourth-order valence-electron chi connectivity index (χ4n) is 4.39. The smallest absolute Gasteiger partial charge is 0.337 e. The zero-order valence-corrected chi connectivity index (χ0v) is 19.3. The molecule has 0 saturated heterocycles. The number of hydrogen-bond donors (Lipinski definition) is 0. The minimum Gasteiger partial charge on any atom is -0.494 e. The maximum atomic E-state index is 13.7. The summed E-state index contributed by atoms with van der Waals surface area (Å²) in [6.07, 6.45) is 4.00. The third kappa shape index (κ3) is 3.57. The van der Waals surface area contributed by atoms with Crippen LogP contribution >= 0.6 is 22.9 Å². The molecule has 5 nitrogen and oxygen atoms in total. The Morgan fingerprint density at radius 2 is 1.78 bits per heavy atom. The quantitative estimate of drug-likeness (QED) is 0.406. The summed E-state index contributed by atoms with van der Waals surface area (Å²) in [6, 6.07) is 14.6. The average Bonchev–Trinajstić information content (AvgIpc) is 3.19. The van der Waals surface area contributed by atoms with Crippen molar-refractivity contribution in [3.05, 3.63) is 90.4 Å². The van der Waals surface area contributed by atoms with Gasteiger partial charge in [-0.2, -0.15) is 0 Å². The van der Waals surface area contributed by atoms with Crippen molar-refractivity contribution in [3.63, 3.8) is 0 Å². The van der Waals surface area contributed by atoms with Gasteiger partial charge in [-0.05, 0) is 74.1 Å². The second kappa shape index (κ2) is 8.60. The van der Waals surface area contributed by atoms with Crippen molar-refractivity contribution in [2.45, 2.75) is 39.2 Å². The summed E-state index contributed by atoms with van der Waals surface area (Å²) < 4.78 is 8.52. The lowest BCUT2D eigenvalue weighted by molar-refractivity contribution is 0.340. The maximum absolute atomic E-state index is 13.7. The van der Waals surface area contributed by atoms with Crippen molar-refractivity contribution >= 4 is 33.2 Å². The van der Waals surface area contributed by atoms with E-state index in [1.165, 1.54) is 9.44 Å². The summed E-state index contributed by atoms with van der Waals surface area (Å²) in [7, 11) is 0. The van der Waals surface area contributed by atoms with Gasteiger partial charge in [-0.3, -0.25) is 9.36 Å². The molecule has 0 N–H and O–H groups in total. The molecule has 164 valence electrons. The number of halogens is 1. The number of aryl methyl sites for hydroxylation is 2. The zero-order chi connectivity index (χ0) is 22.2. The first kappa shape index (κ1) is 21.0. The molecule has 1 aliphatic rings. The zero-order valence-electron chi connectivity index (χ0n) is 17.8. The number of nitrogens with zero attached hydrogens (tertiary/aromatic N) is 2. The molecule has 0 aliphatic heterocycles. The van der Waals surface area contributed by atoms with Gasteiger partial charge in [0.2, 0.25) is 0 Å². The second-order valence-electron chi connectivity index (χ2n) is 7.92. The predicted octanol–water partition coefficient (Wildman–Crippen LogP) is 5.19. The molecular weight excluding hydrogens is 444 g/mol. The lowest BCUT2D eigenvalue weighted by atomic mass is 9.97. The Bertz CT molecular complexity index is 1420. The van der Waals surface area contributed by atoms with E-state index < -0.39 is 0 Å². The Morgan fingerprint density at radius 1 is 1.03 bits per heavy atom. The molecule has 0 saturated carbocycles. The number of aromatic nitrogens is 2. The summed E-state index contributed by atoms with van der Waals surface area (Å²) in [4.78, 5) is 29.3. The van der Waals surface area contributed by atoms with Crippen LogP contribution in [0.25, 0.3) is 15.9 Å². The van der Waals surface area contributed by atoms with E-state index in [-0.39, 0.29) is 11.2 Å². The predicted molar refractivity (Wildman–Crippen MR) is 130 cm³/mol. The molecule has 5 rings (SSSR count). The topological polar surface area (TPSA) is 53.2 Å². The first-order valence-electron chi connectivity index (χ1n) is 10.8. The van der Waals surface area contributed by atoms with E-state index in [4.69, 9.17) is 16.3 Å². The molecular formula is C25H23ClN2O3S. The van der Waals surface area contributed by atoms with E-state index in [2.05, 4.69) is 0 Å². The molecule has 7 heteroatoms. The van der Waals surface area contributed by atoms with E-state index in [0.29, 0.717) is 35.0 Å². The molecule has 2 aromatic carbocycles. The van der Waals surface area contributed by atoms with E-state index in [1.54, 1.807) is 40.2 Å². The van der Waals surface area contributed by atoms with Crippen molar-refractivity contribution < 1.29 is 4.74 Å². The van der Waals surface area contributed by atoms with Gasteiger partial charge >= 0.3 is 5.69 Å². The maximum Gasteiger partial charge on any atom is 0.337 e. The lowest BCUT2D eigenvalue weighted by Crippen LogP contribution is -2.39. The Labute approximate surface area is 194 Å². The first-order chi connectivity index (χ1) is 15.6. The fourth-order valence-corrected chi connectivity index (χ4v) is 5.96. The van der Waals surface area contributed by atoms with E-state index in [0.717, 1.165) is 41.6 Å². The highest BCUT2D eigenvalue weighted by Crippen LogP contribution is 2.34. The third-order valence-electron chi connectivity index (χ3n) is 5.93. The minimum atomic E-state index is -0.356. The third-order valence-corrected chi connectivity index (χ3v) is 7.61. The van der Waals surface area contributed by atoms with Crippen molar-refractivity contribution in [3.8, 4) is 11.4 Å². The second-order valence-corrected chi connectivity index (χ2v) is 9.41. The molecule has 0 atom stereocenters. The SMILES string of the molecule is CCOc1ccc(-n2c(=O)c3c4c(sc3n(Cc3ccccc3Cl)c2=O)CCCC4)cc1. The number of hydrogen-bond acceptors (Lipinski definition) is 4. The number of ether oxygens (including phenoxy) is 1. The van der Waals surface area contributed by atoms with Gasteiger partial charge in [-0.25, -0.2) is 9.36 Å². The summed E-state index contributed by atoms with van der Waals surface area (Å²) >= 11 is 8.00. The number of fused-ring (bicyclic) bond motifs is 3. The highest BCUT2D eigenvalue weighted by Gasteiger charge is 2.24. The van der Waals surface area contributed by atoms with Crippen LogP contribution in [0.15, 0.2) is 58.1 Å². The van der Waals surface area contributed by atoms with Gasteiger partial charge in [0.25, 0.3) is 5.56 Å².